The molecular weight excluding hydrogens is 222 g/mol. The summed E-state index contributed by atoms with van der Waals surface area (Å²) in [7, 11) is 0. The van der Waals surface area contributed by atoms with Crippen LogP contribution >= 0.6 is 0 Å². The van der Waals surface area contributed by atoms with Crippen molar-refractivity contribution >= 4 is 0 Å². The fourth-order valence-electron chi connectivity index (χ4n) is 2.68. The van der Waals surface area contributed by atoms with Crippen LogP contribution in [0.15, 0.2) is 18.2 Å². The molecule has 1 aliphatic rings. The second kappa shape index (κ2) is 5.31. The van der Waals surface area contributed by atoms with Gasteiger partial charge in [0, 0.05) is 0 Å². The molecule has 0 heterocycles. The molecule has 1 aromatic carbocycles. The van der Waals surface area contributed by atoms with Gasteiger partial charge in [0.25, 0.3) is 0 Å². The number of nitrogens with two attached hydrogens (primary N) is 1. The van der Waals surface area contributed by atoms with E-state index in [0.717, 1.165) is 25.0 Å². The molecule has 0 saturated heterocycles. The lowest BCUT2D eigenvalue weighted by Gasteiger charge is -2.42. The average molecular weight is 247 g/mol. The first kappa shape index (κ1) is 13.4. The summed E-state index contributed by atoms with van der Waals surface area (Å²) in [5.74, 6) is 1.56. The van der Waals surface area contributed by atoms with Crippen molar-refractivity contribution in [3.8, 4) is 5.75 Å². The lowest BCUT2D eigenvalue weighted by molar-refractivity contribution is -0.0134. The highest BCUT2D eigenvalue weighted by Gasteiger charge is 2.39. The van der Waals surface area contributed by atoms with Gasteiger partial charge in [0.1, 0.15) is 11.4 Å². The fourth-order valence-corrected chi connectivity index (χ4v) is 2.68. The molecular formula is C16H25NO. The first-order valence-corrected chi connectivity index (χ1v) is 7.06. The number of aryl methyl sites for hydroxylation is 1. The number of hydrogen-bond donors (Lipinski definition) is 1. The highest BCUT2D eigenvalue weighted by molar-refractivity contribution is 5.39. The van der Waals surface area contributed by atoms with Crippen molar-refractivity contribution in [3.63, 3.8) is 0 Å². The van der Waals surface area contributed by atoms with Crippen LogP contribution in [0, 0.1) is 6.92 Å². The van der Waals surface area contributed by atoms with Gasteiger partial charge in [0.15, 0.2) is 0 Å². The standard InChI is InChI=1S/C16H25NO/c1-12(2)14-6-5-13(3)11-15(14)18-16(9-10-17)7-4-8-16/h5-6,11-12H,4,7-10,17H2,1-3H3. The van der Waals surface area contributed by atoms with Crippen molar-refractivity contribution in [3.05, 3.63) is 29.3 Å². The van der Waals surface area contributed by atoms with E-state index in [1.165, 1.54) is 17.5 Å². The van der Waals surface area contributed by atoms with Gasteiger partial charge in [-0.05, 0) is 62.3 Å². The molecule has 1 aromatic rings. The molecule has 0 atom stereocenters. The summed E-state index contributed by atoms with van der Waals surface area (Å²) >= 11 is 0. The number of benzene rings is 1. The molecule has 2 N–H and O–H groups in total. The molecule has 100 valence electrons. The van der Waals surface area contributed by atoms with E-state index in [9.17, 15) is 0 Å². The predicted octanol–water partition coefficient (Wildman–Crippen LogP) is 3.77. The van der Waals surface area contributed by atoms with E-state index in [1.807, 2.05) is 0 Å². The lowest BCUT2D eigenvalue weighted by atomic mass is 9.77. The van der Waals surface area contributed by atoms with Crippen molar-refractivity contribution in [1.82, 2.24) is 0 Å². The predicted molar refractivity (Wildman–Crippen MR) is 76.1 cm³/mol. The second-order valence-electron chi connectivity index (χ2n) is 5.87. The molecule has 1 fully saturated rings. The van der Waals surface area contributed by atoms with Gasteiger partial charge in [-0.25, -0.2) is 0 Å². The van der Waals surface area contributed by atoms with Crippen LogP contribution in [0.2, 0.25) is 0 Å². The molecule has 0 bridgehead atoms. The van der Waals surface area contributed by atoms with Crippen molar-refractivity contribution < 1.29 is 4.74 Å². The van der Waals surface area contributed by atoms with E-state index < -0.39 is 0 Å². The maximum atomic E-state index is 6.37. The minimum Gasteiger partial charge on any atom is -0.487 e. The molecule has 2 nitrogen and oxygen atoms in total. The first-order chi connectivity index (χ1) is 8.56. The Kier molecular flexibility index (Phi) is 3.96. The van der Waals surface area contributed by atoms with Crippen molar-refractivity contribution in [1.29, 1.82) is 0 Å². The molecule has 2 heteroatoms. The van der Waals surface area contributed by atoms with Gasteiger partial charge in [0.2, 0.25) is 0 Å². The molecule has 0 amide bonds. The van der Waals surface area contributed by atoms with Crippen molar-refractivity contribution in [2.75, 3.05) is 6.54 Å². The zero-order valence-corrected chi connectivity index (χ0v) is 11.8. The summed E-state index contributed by atoms with van der Waals surface area (Å²) < 4.78 is 6.37. The summed E-state index contributed by atoms with van der Waals surface area (Å²) in [6.45, 7) is 7.26. The number of rotatable bonds is 5. The first-order valence-electron chi connectivity index (χ1n) is 7.06. The van der Waals surface area contributed by atoms with E-state index in [2.05, 4.69) is 39.0 Å². The van der Waals surface area contributed by atoms with Crippen LogP contribution in [0.4, 0.5) is 0 Å². The topological polar surface area (TPSA) is 35.2 Å². The maximum absolute atomic E-state index is 6.37. The number of hydrogen-bond acceptors (Lipinski definition) is 2. The average Bonchev–Trinajstić information content (AvgIpc) is 2.26. The Morgan fingerprint density at radius 1 is 1.33 bits per heavy atom. The Balaban J connectivity index is 2.24. The minimum atomic E-state index is 0.0200. The van der Waals surface area contributed by atoms with E-state index in [1.54, 1.807) is 0 Å². The van der Waals surface area contributed by atoms with Crippen LogP contribution in [0.1, 0.15) is 56.6 Å². The number of ether oxygens (including phenoxy) is 1. The largest absolute Gasteiger partial charge is 0.487 e. The third kappa shape index (κ3) is 2.69. The van der Waals surface area contributed by atoms with Crippen molar-refractivity contribution in [2.24, 2.45) is 5.73 Å². The molecule has 0 spiro atoms. The quantitative estimate of drug-likeness (QED) is 0.859. The summed E-state index contributed by atoms with van der Waals surface area (Å²) in [4.78, 5) is 0. The fraction of sp³-hybridized carbons (Fsp3) is 0.625. The van der Waals surface area contributed by atoms with Gasteiger partial charge in [0.05, 0.1) is 0 Å². The molecule has 0 unspecified atom stereocenters. The SMILES string of the molecule is Cc1ccc(C(C)C)c(OC2(CCN)CCC2)c1. The van der Waals surface area contributed by atoms with Gasteiger partial charge in [-0.1, -0.05) is 26.0 Å². The Bertz CT molecular complexity index is 408. The van der Waals surface area contributed by atoms with Crippen LogP contribution in [-0.4, -0.2) is 12.1 Å². The minimum absolute atomic E-state index is 0.0200. The smallest absolute Gasteiger partial charge is 0.123 e. The summed E-state index contributed by atoms with van der Waals surface area (Å²) in [6, 6.07) is 6.54. The van der Waals surface area contributed by atoms with Crippen LogP contribution in [0.5, 0.6) is 5.75 Å². The van der Waals surface area contributed by atoms with E-state index in [-0.39, 0.29) is 5.60 Å². The van der Waals surface area contributed by atoms with Gasteiger partial charge < -0.3 is 10.5 Å². The molecule has 2 rings (SSSR count). The summed E-state index contributed by atoms with van der Waals surface area (Å²) in [6.07, 6.45) is 4.53. The zero-order valence-electron chi connectivity index (χ0n) is 11.8. The Morgan fingerprint density at radius 2 is 2.06 bits per heavy atom. The Hall–Kier alpha value is -1.02. The van der Waals surface area contributed by atoms with Gasteiger partial charge in [-0.3, -0.25) is 0 Å². The molecule has 0 radical (unpaired) electrons. The molecule has 1 saturated carbocycles. The van der Waals surface area contributed by atoms with E-state index in [4.69, 9.17) is 10.5 Å². The summed E-state index contributed by atoms with van der Waals surface area (Å²) in [5.41, 5.74) is 8.32. The molecule has 1 aliphatic carbocycles. The van der Waals surface area contributed by atoms with Crippen LogP contribution in [-0.2, 0) is 0 Å². The van der Waals surface area contributed by atoms with Gasteiger partial charge >= 0.3 is 0 Å². The molecule has 0 aromatic heterocycles. The van der Waals surface area contributed by atoms with Gasteiger partial charge in [-0.2, -0.15) is 0 Å². The third-order valence-corrected chi connectivity index (χ3v) is 3.98. The van der Waals surface area contributed by atoms with Crippen LogP contribution < -0.4 is 10.5 Å². The van der Waals surface area contributed by atoms with E-state index >= 15 is 0 Å². The highest BCUT2D eigenvalue weighted by Crippen LogP contribution is 2.41. The van der Waals surface area contributed by atoms with Crippen LogP contribution in [0.25, 0.3) is 0 Å². The van der Waals surface area contributed by atoms with Gasteiger partial charge in [-0.15, -0.1) is 0 Å². The van der Waals surface area contributed by atoms with E-state index in [0.29, 0.717) is 12.5 Å². The molecule has 18 heavy (non-hydrogen) atoms. The highest BCUT2D eigenvalue weighted by atomic mass is 16.5. The summed E-state index contributed by atoms with van der Waals surface area (Å²) in [5, 5.41) is 0. The van der Waals surface area contributed by atoms with Crippen molar-refractivity contribution in [2.45, 2.75) is 58.0 Å². The normalized spacial score (nSPS) is 17.6. The lowest BCUT2D eigenvalue weighted by Crippen LogP contribution is -2.45. The maximum Gasteiger partial charge on any atom is 0.123 e. The second-order valence-corrected chi connectivity index (χ2v) is 5.87. The zero-order chi connectivity index (χ0) is 13.2. The monoisotopic (exact) mass is 247 g/mol. The Labute approximate surface area is 111 Å². The third-order valence-electron chi connectivity index (χ3n) is 3.98. The molecule has 0 aliphatic heterocycles. The van der Waals surface area contributed by atoms with Crippen LogP contribution in [0.3, 0.4) is 0 Å². The Morgan fingerprint density at radius 3 is 2.56 bits per heavy atom.